The van der Waals surface area contributed by atoms with Crippen molar-refractivity contribution in [3.63, 3.8) is 0 Å². The van der Waals surface area contributed by atoms with Crippen LogP contribution in [-0.4, -0.2) is 26.4 Å². The largest absolute Gasteiger partial charge is 0.490 e. The average Bonchev–Trinajstić information content (AvgIpc) is 3.27. The van der Waals surface area contributed by atoms with Crippen LogP contribution in [0.5, 0.6) is 5.75 Å². The topological polar surface area (TPSA) is 78.2 Å². The number of hydrogen-bond acceptors (Lipinski definition) is 4. The zero-order valence-corrected chi connectivity index (χ0v) is 21.9. The highest BCUT2D eigenvalue weighted by Gasteiger charge is 2.46. The Kier molecular flexibility index (Phi) is 6.29. The van der Waals surface area contributed by atoms with Gasteiger partial charge in [-0.25, -0.2) is 13.6 Å². The summed E-state index contributed by atoms with van der Waals surface area (Å²) in [4.78, 5) is 26.5. The number of anilines is 1. The first kappa shape index (κ1) is 25.1. The fourth-order valence-corrected chi connectivity index (χ4v) is 6.04. The quantitative estimate of drug-likeness (QED) is 0.420. The maximum atomic E-state index is 15.6. The normalized spacial score (nSPS) is 18.8. The van der Waals surface area contributed by atoms with Gasteiger partial charge in [-0.1, -0.05) is 30.5 Å². The molecular weight excluding hydrogens is 514 g/mol. The number of rotatable bonds is 6. The molecule has 1 aromatic heterocycles. The second-order valence-electron chi connectivity index (χ2n) is 10.9. The van der Waals surface area contributed by atoms with Crippen molar-refractivity contribution in [2.75, 3.05) is 5.32 Å². The van der Waals surface area contributed by atoms with Gasteiger partial charge in [0.2, 0.25) is 0 Å². The van der Waals surface area contributed by atoms with Crippen molar-refractivity contribution in [3.05, 3.63) is 68.9 Å². The van der Waals surface area contributed by atoms with Crippen LogP contribution in [0.2, 0.25) is 5.02 Å². The van der Waals surface area contributed by atoms with Crippen molar-refractivity contribution in [1.82, 2.24) is 14.3 Å². The minimum absolute atomic E-state index is 0.0146. The monoisotopic (exact) mass is 542 g/mol. The van der Waals surface area contributed by atoms with E-state index in [9.17, 15) is 14.0 Å². The molecule has 1 atom stereocenters. The molecule has 2 heterocycles. The van der Waals surface area contributed by atoms with Gasteiger partial charge in [0, 0.05) is 19.0 Å². The molecule has 3 aliphatic rings. The van der Waals surface area contributed by atoms with E-state index in [0.717, 1.165) is 55.7 Å². The van der Waals surface area contributed by atoms with E-state index in [2.05, 4.69) is 10.4 Å². The number of carbonyl (C=O) groups excluding carboxylic acids is 1. The van der Waals surface area contributed by atoms with Gasteiger partial charge in [0.1, 0.15) is 28.9 Å². The van der Waals surface area contributed by atoms with Crippen molar-refractivity contribution in [2.45, 2.75) is 70.9 Å². The first-order chi connectivity index (χ1) is 18.2. The molecular formula is C28H29ClF2N4O3. The van der Waals surface area contributed by atoms with E-state index in [1.54, 1.807) is 4.57 Å². The predicted octanol–water partition coefficient (Wildman–Crippen LogP) is 5.90. The van der Waals surface area contributed by atoms with Gasteiger partial charge in [-0.2, -0.15) is 4.68 Å². The number of para-hydroxylation sites is 1. The Labute approximate surface area is 223 Å². The number of nitrogens with zero attached hydrogens (tertiary/aromatic N) is 3. The van der Waals surface area contributed by atoms with Crippen LogP contribution >= 0.6 is 11.6 Å². The highest BCUT2D eigenvalue weighted by molar-refractivity contribution is 6.34. The molecule has 2 fully saturated rings. The summed E-state index contributed by atoms with van der Waals surface area (Å²) in [6, 6.07) is 6.41. The van der Waals surface area contributed by atoms with Crippen LogP contribution in [0.15, 0.2) is 35.1 Å². The molecule has 0 radical (unpaired) electrons. The molecule has 2 aromatic carbocycles. The number of aromatic nitrogens is 3. The molecule has 7 nitrogen and oxygen atoms in total. The Balaban J connectivity index is 1.39. The number of hydrogen-bond donors (Lipinski definition) is 1. The standard InChI is InChI=1S/C28H29ClF2N4O3/c1-16(17-5-2-3-6-17)38-23-14-22(35-27(37)34-12-11-28(9-10-28)15-24(34)33-35)21(31)13-18(23)26(36)32-25-19(29)7-4-8-20(25)30/h4,7-8,13-14,16-17H,2-3,5-6,9-12,15H2,1H3,(H,32,36)/t16-/m0/s1. The first-order valence-corrected chi connectivity index (χ1v) is 13.6. The zero-order chi connectivity index (χ0) is 26.6. The number of halogens is 3. The van der Waals surface area contributed by atoms with Gasteiger partial charge in [-0.3, -0.25) is 9.36 Å². The van der Waals surface area contributed by atoms with Gasteiger partial charge in [0.15, 0.2) is 0 Å². The minimum Gasteiger partial charge on any atom is -0.490 e. The van der Waals surface area contributed by atoms with Crippen LogP contribution < -0.4 is 15.7 Å². The third kappa shape index (κ3) is 4.51. The van der Waals surface area contributed by atoms with E-state index in [0.29, 0.717) is 18.8 Å². The second kappa shape index (κ2) is 9.52. The van der Waals surface area contributed by atoms with E-state index < -0.39 is 23.2 Å². The van der Waals surface area contributed by atoms with Gasteiger partial charge < -0.3 is 10.1 Å². The molecule has 38 heavy (non-hydrogen) atoms. The third-order valence-electron chi connectivity index (χ3n) is 8.39. The van der Waals surface area contributed by atoms with E-state index in [1.165, 1.54) is 24.3 Å². The fourth-order valence-electron chi connectivity index (χ4n) is 5.83. The van der Waals surface area contributed by atoms with Crippen LogP contribution in [-0.2, 0) is 13.0 Å². The van der Waals surface area contributed by atoms with Crippen LogP contribution in [0.3, 0.4) is 0 Å². The summed E-state index contributed by atoms with van der Waals surface area (Å²) in [5.41, 5.74) is -0.601. The van der Waals surface area contributed by atoms with Crippen molar-refractivity contribution >= 4 is 23.2 Å². The van der Waals surface area contributed by atoms with Crippen LogP contribution in [0.1, 0.15) is 68.1 Å². The zero-order valence-electron chi connectivity index (χ0n) is 21.1. The number of fused-ring (bicyclic) bond motifs is 1. The van der Waals surface area contributed by atoms with Crippen LogP contribution in [0.25, 0.3) is 5.69 Å². The smallest absolute Gasteiger partial charge is 0.350 e. The predicted molar refractivity (Wildman–Crippen MR) is 139 cm³/mol. The van der Waals surface area contributed by atoms with E-state index in [-0.39, 0.29) is 45.1 Å². The minimum atomic E-state index is -0.811. The molecule has 3 aromatic rings. The van der Waals surface area contributed by atoms with Gasteiger partial charge in [-0.15, -0.1) is 5.10 Å². The number of nitrogens with one attached hydrogen (secondary N) is 1. The van der Waals surface area contributed by atoms with Gasteiger partial charge >= 0.3 is 5.69 Å². The molecule has 6 rings (SSSR count). The summed E-state index contributed by atoms with van der Waals surface area (Å²) in [5.74, 6) is -1.26. The Morgan fingerprint density at radius 3 is 2.66 bits per heavy atom. The average molecular weight is 543 g/mol. The molecule has 0 unspecified atom stereocenters. The van der Waals surface area contributed by atoms with Crippen molar-refractivity contribution in [2.24, 2.45) is 11.3 Å². The lowest BCUT2D eigenvalue weighted by Crippen LogP contribution is -2.29. The fraction of sp³-hybridized carbons (Fsp3) is 0.464. The highest BCUT2D eigenvalue weighted by Crippen LogP contribution is 2.53. The number of amides is 1. The summed E-state index contributed by atoms with van der Waals surface area (Å²) < 4.78 is 38.9. The van der Waals surface area contributed by atoms with Crippen molar-refractivity contribution < 1.29 is 18.3 Å². The Hall–Kier alpha value is -3.20. The lowest BCUT2D eigenvalue weighted by molar-refractivity contribution is 0.101. The number of benzene rings is 2. The van der Waals surface area contributed by atoms with E-state index >= 15 is 4.39 Å². The molecule has 0 bridgehead atoms. The Bertz CT molecular complexity index is 1450. The van der Waals surface area contributed by atoms with Crippen LogP contribution in [0, 0.1) is 23.0 Å². The van der Waals surface area contributed by atoms with Crippen molar-refractivity contribution in [3.8, 4) is 11.4 Å². The SMILES string of the molecule is C[C@H](Oc1cc(-n2nc3n(c2=O)CCC2(CC2)C3)c(F)cc1C(=O)Nc1c(F)cccc1Cl)C1CCCC1. The molecule has 10 heteroatoms. The summed E-state index contributed by atoms with van der Waals surface area (Å²) >= 11 is 6.09. The molecule has 1 aliphatic heterocycles. The number of ether oxygens (including phenoxy) is 1. The number of carbonyl (C=O) groups is 1. The maximum absolute atomic E-state index is 15.6. The maximum Gasteiger partial charge on any atom is 0.350 e. The highest BCUT2D eigenvalue weighted by atomic mass is 35.5. The summed E-state index contributed by atoms with van der Waals surface area (Å²) in [6.07, 6.45) is 7.80. The molecule has 1 N–H and O–H groups in total. The Morgan fingerprint density at radius 2 is 1.95 bits per heavy atom. The first-order valence-electron chi connectivity index (χ1n) is 13.2. The van der Waals surface area contributed by atoms with E-state index in [4.69, 9.17) is 16.3 Å². The molecule has 0 saturated heterocycles. The van der Waals surface area contributed by atoms with Crippen LogP contribution in [0.4, 0.5) is 14.5 Å². The second-order valence-corrected chi connectivity index (χ2v) is 11.3. The van der Waals surface area contributed by atoms with Gasteiger partial charge in [-0.05, 0) is 68.6 Å². The lowest BCUT2D eigenvalue weighted by Gasteiger charge is -2.23. The molecule has 200 valence electrons. The Morgan fingerprint density at radius 1 is 1.18 bits per heavy atom. The summed E-state index contributed by atoms with van der Waals surface area (Å²) in [5, 5.41) is 6.95. The molecule has 2 aliphatic carbocycles. The lowest BCUT2D eigenvalue weighted by atomic mass is 9.95. The summed E-state index contributed by atoms with van der Waals surface area (Å²) in [6.45, 7) is 2.48. The molecule has 1 spiro atoms. The summed E-state index contributed by atoms with van der Waals surface area (Å²) in [7, 11) is 0. The molecule has 2 saturated carbocycles. The third-order valence-corrected chi connectivity index (χ3v) is 8.71. The van der Waals surface area contributed by atoms with E-state index in [1.807, 2.05) is 6.92 Å². The van der Waals surface area contributed by atoms with Crippen molar-refractivity contribution in [1.29, 1.82) is 0 Å². The molecule has 1 amide bonds. The van der Waals surface area contributed by atoms with Gasteiger partial charge in [0.05, 0.1) is 22.4 Å². The van der Waals surface area contributed by atoms with Gasteiger partial charge in [0.25, 0.3) is 5.91 Å².